The van der Waals surface area contributed by atoms with E-state index in [4.69, 9.17) is 11.6 Å². The maximum Gasteiger partial charge on any atom is 0.293 e. The van der Waals surface area contributed by atoms with Crippen molar-refractivity contribution in [3.8, 4) is 0 Å². The monoisotopic (exact) mass is 319 g/mol. The summed E-state index contributed by atoms with van der Waals surface area (Å²) in [6, 6.07) is 0. The van der Waals surface area contributed by atoms with Gasteiger partial charge >= 0.3 is 0 Å². The lowest BCUT2D eigenvalue weighted by atomic mass is 10.2. The number of ether oxygens (including phenoxy) is 1. The van der Waals surface area contributed by atoms with Gasteiger partial charge in [-0.1, -0.05) is 0 Å². The number of piperazine rings is 1. The highest BCUT2D eigenvalue weighted by Crippen LogP contribution is 2.21. The molecule has 1 saturated heterocycles. The fraction of sp³-hybridized carbons (Fsp3) is 0.692. The van der Waals surface area contributed by atoms with E-state index in [0.717, 1.165) is 37.0 Å². The molecule has 0 bridgehead atoms. The van der Waals surface area contributed by atoms with Crippen LogP contribution >= 0.6 is 22.9 Å². The Morgan fingerprint density at radius 3 is 2.55 bits per heavy atom. The van der Waals surface area contributed by atoms with Gasteiger partial charge in [0.05, 0.1) is 11.6 Å². The van der Waals surface area contributed by atoms with Gasteiger partial charge in [0.15, 0.2) is 5.13 Å². The van der Waals surface area contributed by atoms with Crippen LogP contribution in [-0.4, -0.2) is 43.2 Å². The highest BCUT2D eigenvalue weighted by Gasteiger charge is 2.13. The third kappa shape index (κ3) is 6.54. The Kier molecular flexibility index (Phi) is 7.26. The molecule has 0 aliphatic carbocycles. The number of hydrogen-bond acceptors (Lipinski definition) is 6. The maximum absolute atomic E-state index is 9.60. The molecule has 1 fully saturated rings. The summed E-state index contributed by atoms with van der Waals surface area (Å²) in [5, 5.41) is 6.45. The molecule has 5 nitrogen and oxygen atoms in total. The number of halogens is 1. The van der Waals surface area contributed by atoms with Crippen molar-refractivity contribution < 1.29 is 9.53 Å². The van der Waals surface area contributed by atoms with Crippen LogP contribution in [0.25, 0.3) is 0 Å². The Morgan fingerprint density at radius 2 is 2.15 bits per heavy atom. The number of carbonyl (C=O) groups excluding carboxylic acids is 1. The maximum atomic E-state index is 9.60. The van der Waals surface area contributed by atoms with E-state index in [2.05, 4.69) is 19.9 Å². The van der Waals surface area contributed by atoms with Crippen LogP contribution in [0.5, 0.6) is 0 Å². The molecule has 0 unspecified atom stereocenters. The van der Waals surface area contributed by atoms with Crippen LogP contribution in [-0.2, 0) is 15.4 Å². The zero-order chi connectivity index (χ0) is 15.0. The topological polar surface area (TPSA) is 54.5 Å². The summed E-state index contributed by atoms with van der Waals surface area (Å²) >= 11 is 7.38. The molecule has 0 spiro atoms. The Hall–Kier alpha value is -0.850. The molecule has 1 N–H and O–H groups in total. The number of carbonyl (C=O) groups is 1. The van der Waals surface area contributed by atoms with Crippen LogP contribution in [0, 0.1) is 0 Å². The number of anilines is 1. The predicted molar refractivity (Wildman–Crippen MR) is 83.7 cm³/mol. The summed E-state index contributed by atoms with van der Waals surface area (Å²) in [6.45, 7) is 10.1. The second-order valence-electron chi connectivity index (χ2n) is 5.32. The zero-order valence-corrected chi connectivity index (χ0v) is 13.8. The molecular weight excluding hydrogens is 298 g/mol. The molecule has 0 atom stereocenters. The second-order valence-corrected chi connectivity index (χ2v) is 6.42. The first-order valence-corrected chi connectivity index (χ1v) is 7.95. The van der Waals surface area contributed by atoms with Crippen molar-refractivity contribution >= 4 is 34.5 Å². The van der Waals surface area contributed by atoms with E-state index in [1.807, 2.05) is 26.2 Å². The van der Waals surface area contributed by atoms with E-state index in [-0.39, 0.29) is 5.60 Å². The molecular formula is C13H22ClN3O2S. The quantitative estimate of drug-likeness (QED) is 0.684. The van der Waals surface area contributed by atoms with E-state index in [0.29, 0.717) is 12.4 Å². The van der Waals surface area contributed by atoms with Crippen LogP contribution in [0.3, 0.4) is 0 Å². The van der Waals surface area contributed by atoms with Gasteiger partial charge < -0.3 is 15.0 Å². The summed E-state index contributed by atoms with van der Waals surface area (Å²) < 4.78 is 4.55. The number of aromatic nitrogens is 1. The number of thiazole rings is 1. The number of alkyl halides is 1. The van der Waals surface area contributed by atoms with Crippen molar-refractivity contribution in [2.75, 3.05) is 31.1 Å². The Labute approximate surface area is 129 Å². The number of rotatable bonds is 3. The van der Waals surface area contributed by atoms with Gasteiger partial charge in [-0.05, 0) is 20.8 Å². The normalized spacial score (nSPS) is 15.3. The average Bonchev–Trinajstić information content (AvgIpc) is 2.88. The van der Waals surface area contributed by atoms with Crippen molar-refractivity contribution in [3.63, 3.8) is 0 Å². The highest BCUT2D eigenvalue weighted by molar-refractivity contribution is 7.13. The largest absolute Gasteiger partial charge is 0.462 e. The van der Waals surface area contributed by atoms with E-state index in [1.54, 1.807) is 11.3 Å². The lowest BCUT2D eigenvalue weighted by Gasteiger charge is -2.26. The SMILES string of the molecule is CC(C)(C)OC=O.ClCc1csc(N2CCNCC2)n1. The molecule has 1 aromatic rings. The fourth-order valence-corrected chi connectivity index (χ4v) is 2.61. The minimum Gasteiger partial charge on any atom is -0.462 e. The Bertz CT molecular complexity index is 401. The molecule has 2 rings (SSSR count). The smallest absolute Gasteiger partial charge is 0.293 e. The van der Waals surface area contributed by atoms with Gasteiger partial charge in [-0.2, -0.15) is 0 Å². The van der Waals surface area contributed by atoms with Gasteiger partial charge in [-0.25, -0.2) is 4.98 Å². The van der Waals surface area contributed by atoms with Gasteiger partial charge in [-0.3, -0.25) is 4.79 Å². The van der Waals surface area contributed by atoms with E-state index in [1.165, 1.54) is 0 Å². The van der Waals surface area contributed by atoms with E-state index in [9.17, 15) is 4.79 Å². The van der Waals surface area contributed by atoms with Crippen LogP contribution in [0.4, 0.5) is 5.13 Å². The third-order valence-corrected chi connectivity index (χ3v) is 3.69. The van der Waals surface area contributed by atoms with Crippen molar-refractivity contribution in [3.05, 3.63) is 11.1 Å². The average molecular weight is 320 g/mol. The lowest BCUT2D eigenvalue weighted by molar-refractivity contribution is -0.138. The second kappa shape index (κ2) is 8.44. The van der Waals surface area contributed by atoms with Crippen LogP contribution in [0.2, 0.25) is 0 Å². The van der Waals surface area contributed by atoms with Crippen LogP contribution in [0.15, 0.2) is 5.38 Å². The van der Waals surface area contributed by atoms with Crippen molar-refractivity contribution in [1.29, 1.82) is 0 Å². The Morgan fingerprint density at radius 1 is 1.50 bits per heavy atom. The lowest BCUT2D eigenvalue weighted by Crippen LogP contribution is -2.43. The van der Waals surface area contributed by atoms with Crippen LogP contribution in [0.1, 0.15) is 26.5 Å². The summed E-state index contributed by atoms with van der Waals surface area (Å²) in [7, 11) is 0. The standard InChI is InChI=1S/C8H12ClN3S.C5H10O2/c9-5-7-6-13-8(11-7)12-3-1-10-2-4-12;1-5(2,3)7-4-6/h6,10H,1-5H2;4H,1-3H3. The van der Waals surface area contributed by atoms with Gasteiger partial charge in [0.2, 0.25) is 0 Å². The molecule has 114 valence electrons. The molecule has 0 amide bonds. The van der Waals surface area contributed by atoms with E-state index >= 15 is 0 Å². The minimum absolute atomic E-state index is 0.318. The molecule has 1 aliphatic rings. The fourth-order valence-electron chi connectivity index (χ4n) is 1.50. The highest BCUT2D eigenvalue weighted by atomic mass is 35.5. The zero-order valence-electron chi connectivity index (χ0n) is 12.2. The van der Waals surface area contributed by atoms with Crippen molar-refractivity contribution in [2.45, 2.75) is 32.3 Å². The molecule has 1 aromatic heterocycles. The van der Waals surface area contributed by atoms with Crippen LogP contribution < -0.4 is 10.2 Å². The van der Waals surface area contributed by atoms with Gasteiger partial charge in [0, 0.05) is 31.6 Å². The summed E-state index contributed by atoms with van der Waals surface area (Å²) in [5.41, 5.74) is 0.669. The summed E-state index contributed by atoms with van der Waals surface area (Å²) in [6.07, 6.45) is 0. The number of hydrogen-bond donors (Lipinski definition) is 1. The minimum atomic E-state index is -0.318. The third-order valence-electron chi connectivity index (χ3n) is 2.47. The van der Waals surface area contributed by atoms with Gasteiger partial charge in [0.25, 0.3) is 6.47 Å². The number of nitrogens with zero attached hydrogens (tertiary/aromatic N) is 2. The van der Waals surface area contributed by atoms with Gasteiger partial charge in [0.1, 0.15) is 5.60 Å². The molecule has 0 aromatic carbocycles. The van der Waals surface area contributed by atoms with E-state index < -0.39 is 0 Å². The predicted octanol–water partition coefficient (Wildman–Crippen LogP) is 2.25. The first-order valence-electron chi connectivity index (χ1n) is 6.54. The molecule has 20 heavy (non-hydrogen) atoms. The Balaban J connectivity index is 0.000000246. The summed E-state index contributed by atoms with van der Waals surface area (Å²) in [5.74, 6) is 0.516. The van der Waals surface area contributed by atoms with Gasteiger partial charge in [-0.15, -0.1) is 22.9 Å². The molecule has 7 heteroatoms. The molecule has 2 heterocycles. The first kappa shape index (κ1) is 17.2. The number of nitrogens with one attached hydrogen (secondary N) is 1. The first-order chi connectivity index (χ1) is 9.46. The van der Waals surface area contributed by atoms with Crippen molar-refractivity contribution in [1.82, 2.24) is 10.3 Å². The molecule has 0 saturated carbocycles. The molecule has 0 radical (unpaired) electrons. The summed E-state index contributed by atoms with van der Waals surface area (Å²) in [4.78, 5) is 16.3. The van der Waals surface area contributed by atoms with Crippen molar-refractivity contribution in [2.24, 2.45) is 0 Å². The molecule has 1 aliphatic heterocycles.